The van der Waals surface area contributed by atoms with E-state index in [0.717, 1.165) is 5.75 Å². The number of carboxylic acids is 1. The zero-order valence-corrected chi connectivity index (χ0v) is 15.4. The van der Waals surface area contributed by atoms with Gasteiger partial charge in [-0.1, -0.05) is 48.2 Å². The summed E-state index contributed by atoms with van der Waals surface area (Å²) in [6, 6.07) is 13.3. The average molecular weight is 384 g/mol. The maximum Gasteiger partial charge on any atom is 0.270 e. The molecule has 2 aromatic carbocycles. The van der Waals surface area contributed by atoms with Crippen molar-refractivity contribution in [2.24, 2.45) is 0 Å². The van der Waals surface area contributed by atoms with Crippen LogP contribution in [0.2, 0.25) is 0 Å². The van der Waals surface area contributed by atoms with Crippen LogP contribution in [-0.4, -0.2) is 22.8 Å². The number of carboxylic acid groups (broad SMARTS) is 1. The van der Waals surface area contributed by atoms with Gasteiger partial charge < -0.3 is 14.6 Å². The summed E-state index contributed by atoms with van der Waals surface area (Å²) in [6.07, 6.45) is 1.69. The molecule has 3 rings (SSSR count). The molecule has 2 aromatic rings. The van der Waals surface area contributed by atoms with Gasteiger partial charge in [-0.2, -0.15) is 0 Å². The molecule has 0 aliphatic carbocycles. The summed E-state index contributed by atoms with van der Waals surface area (Å²) < 4.78 is 5.85. The minimum absolute atomic E-state index is 0.0871. The predicted octanol–water partition coefficient (Wildman–Crippen LogP) is 2.85. The molecule has 0 radical (unpaired) electrons. The number of benzene rings is 2. The lowest BCUT2D eigenvalue weighted by Crippen LogP contribution is -2.27. The normalized spacial score (nSPS) is 15.6. The van der Waals surface area contributed by atoms with E-state index in [2.05, 4.69) is 0 Å². The van der Waals surface area contributed by atoms with E-state index in [0.29, 0.717) is 27.1 Å². The van der Waals surface area contributed by atoms with Gasteiger partial charge in [0.15, 0.2) is 4.32 Å². The second-order valence-corrected chi connectivity index (χ2v) is 7.03. The first-order valence-corrected chi connectivity index (χ1v) is 9.04. The highest BCUT2D eigenvalue weighted by Crippen LogP contribution is 2.36. The molecule has 0 spiro atoms. The summed E-state index contributed by atoms with van der Waals surface area (Å²) >= 11 is 6.55. The van der Waals surface area contributed by atoms with E-state index in [1.54, 1.807) is 42.5 Å². The van der Waals surface area contributed by atoms with Crippen LogP contribution in [0.3, 0.4) is 0 Å². The number of carbonyl (C=O) groups is 2. The Morgan fingerprint density at radius 3 is 2.42 bits per heavy atom. The SMILES string of the molecule is CCOc1ccc(N2C(=O)/C(=C/c3ccc(C(=O)[O-])cc3)SC2=S)cc1. The number of rotatable bonds is 5. The topological polar surface area (TPSA) is 69.7 Å². The Kier molecular flexibility index (Phi) is 5.39. The van der Waals surface area contributed by atoms with Crippen LogP contribution in [0.25, 0.3) is 6.08 Å². The van der Waals surface area contributed by atoms with Crippen LogP contribution < -0.4 is 14.7 Å². The van der Waals surface area contributed by atoms with Crippen LogP contribution >= 0.6 is 24.0 Å². The number of carbonyl (C=O) groups excluding carboxylic acids is 2. The maximum atomic E-state index is 12.7. The van der Waals surface area contributed by atoms with Crippen molar-refractivity contribution >= 4 is 51.9 Å². The van der Waals surface area contributed by atoms with Crippen molar-refractivity contribution in [1.82, 2.24) is 0 Å². The molecule has 1 fully saturated rings. The molecule has 1 heterocycles. The fraction of sp³-hybridized carbons (Fsp3) is 0.105. The van der Waals surface area contributed by atoms with Crippen molar-refractivity contribution in [3.8, 4) is 5.75 Å². The zero-order valence-electron chi connectivity index (χ0n) is 13.8. The molecule has 0 N–H and O–H groups in total. The fourth-order valence-corrected chi connectivity index (χ4v) is 3.71. The number of nitrogens with zero attached hydrogens (tertiary/aromatic N) is 1. The number of amides is 1. The van der Waals surface area contributed by atoms with E-state index in [1.807, 2.05) is 6.92 Å². The third-order valence-electron chi connectivity index (χ3n) is 3.64. The highest BCUT2D eigenvalue weighted by Gasteiger charge is 2.33. The fourth-order valence-electron chi connectivity index (χ4n) is 2.42. The van der Waals surface area contributed by atoms with E-state index in [-0.39, 0.29) is 11.5 Å². The maximum absolute atomic E-state index is 12.7. The second kappa shape index (κ2) is 7.72. The van der Waals surface area contributed by atoms with Gasteiger partial charge in [-0.05, 0) is 48.4 Å². The van der Waals surface area contributed by atoms with Crippen molar-refractivity contribution in [2.75, 3.05) is 11.5 Å². The Bertz CT molecular complexity index is 889. The molecule has 0 bridgehead atoms. The molecule has 5 nitrogen and oxygen atoms in total. The van der Waals surface area contributed by atoms with Crippen LogP contribution in [0.15, 0.2) is 53.4 Å². The lowest BCUT2D eigenvalue weighted by Gasteiger charge is -2.15. The lowest BCUT2D eigenvalue weighted by molar-refractivity contribution is -0.255. The van der Waals surface area contributed by atoms with Gasteiger partial charge in [-0.25, -0.2) is 0 Å². The molecule has 0 unspecified atom stereocenters. The number of anilines is 1. The summed E-state index contributed by atoms with van der Waals surface area (Å²) in [7, 11) is 0. The van der Waals surface area contributed by atoms with Gasteiger partial charge in [-0.15, -0.1) is 0 Å². The first-order valence-electron chi connectivity index (χ1n) is 7.82. The van der Waals surface area contributed by atoms with Gasteiger partial charge in [0.25, 0.3) is 5.91 Å². The van der Waals surface area contributed by atoms with E-state index in [1.165, 1.54) is 28.8 Å². The standard InChI is InChI=1S/C19H15NO4S2/c1-2-24-15-9-7-14(8-10-15)20-17(21)16(26-19(20)25)11-12-3-5-13(6-4-12)18(22)23/h3-11H,2H2,1H3,(H,22,23)/p-1/b16-11-. The first-order chi connectivity index (χ1) is 12.5. The van der Waals surface area contributed by atoms with Gasteiger partial charge in [0.05, 0.1) is 23.2 Å². The first kappa shape index (κ1) is 18.2. The molecule has 7 heteroatoms. The van der Waals surface area contributed by atoms with Crippen LogP contribution in [0.1, 0.15) is 22.8 Å². The highest BCUT2D eigenvalue weighted by molar-refractivity contribution is 8.27. The van der Waals surface area contributed by atoms with Crippen molar-refractivity contribution in [2.45, 2.75) is 6.92 Å². The molecule has 1 saturated heterocycles. The Hall–Kier alpha value is -2.64. The van der Waals surface area contributed by atoms with Crippen LogP contribution in [0.5, 0.6) is 5.75 Å². The summed E-state index contributed by atoms with van der Waals surface area (Å²) in [5.41, 5.74) is 1.47. The molecular weight excluding hydrogens is 370 g/mol. The largest absolute Gasteiger partial charge is 0.545 e. The van der Waals surface area contributed by atoms with E-state index < -0.39 is 5.97 Å². The van der Waals surface area contributed by atoms with Gasteiger partial charge >= 0.3 is 0 Å². The van der Waals surface area contributed by atoms with Crippen molar-refractivity contribution in [3.05, 3.63) is 64.6 Å². The molecule has 26 heavy (non-hydrogen) atoms. The lowest BCUT2D eigenvalue weighted by atomic mass is 10.1. The van der Waals surface area contributed by atoms with E-state index >= 15 is 0 Å². The van der Waals surface area contributed by atoms with E-state index in [9.17, 15) is 14.7 Å². The number of hydrogen-bond acceptors (Lipinski definition) is 6. The van der Waals surface area contributed by atoms with Crippen LogP contribution in [0.4, 0.5) is 5.69 Å². The molecule has 0 aromatic heterocycles. The molecular formula is C19H14NO4S2-. The molecule has 0 atom stereocenters. The third-order valence-corrected chi connectivity index (χ3v) is 4.95. The monoisotopic (exact) mass is 384 g/mol. The Balaban J connectivity index is 1.82. The number of hydrogen-bond donors (Lipinski definition) is 0. The Morgan fingerprint density at radius 2 is 1.85 bits per heavy atom. The van der Waals surface area contributed by atoms with Crippen molar-refractivity contribution in [3.63, 3.8) is 0 Å². The number of aromatic carboxylic acids is 1. The second-order valence-electron chi connectivity index (χ2n) is 5.35. The molecule has 132 valence electrons. The quantitative estimate of drug-likeness (QED) is 0.583. The Labute approximate surface area is 160 Å². The summed E-state index contributed by atoms with van der Waals surface area (Å²) in [5.74, 6) is -0.725. The number of thioether (sulfide) groups is 1. The van der Waals surface area contributed by atoms with Crippen LogP contribution in [-0.2, 0) is 4.79 Å². The summed E-state index contributed by atoms with van der Waals surface area (Å²) in [5, 5.41) is 10.8. The van der Waals surface area contributed by atoms with Crippen molar-refractivity contribution < 1.29 is 19.4 Å². The van der Waals surface area contributed by atoms with Gasteiger partial charge in [0, 0.05) is 0 Å². The summed E-state index contributed by atoms with van der Waals surface area (Å²) in [6.45, 7) is 2.47. The van der Waals surface area contributed by atoms with Gasteiger partial charge in [-0.3, -0.25) is 9.69 Å². The molecule has 1 aliphatic heterocycles. The molecule has 1 aliphatic rings. The van der Waals surface area contributed by atoms with E-state index in [4.69, 9.17) is 17.0 Å². The third kappa shape index (κ3) is 3.79. The highest BCUT2D eigenvalue weighted by atomic mass is 32.2. The van der Waals surface area contributed by atoms with Crippen molar-refractivity contribution in [1.29, 1.82) is 0 Å². The van der Waals surface area contributed by atoms with Gasteiger partial charge in [0.1, 0.15) is 5.75 Å². The Morgan fingerprint density at radius 1 is 1.19 bits per heavy atom. The summed E-state index contributed by atoms with van der Waals surface area (Å²) in [4.78, 5) is 25.5. The minimum atomic E-state index is -1.24. The number of thiocarbonyl (C=S) groups is 1. The smallest absolute Gasteiger partial charge is 0.270 e. The predicted molar refractivity (Wildman–Crippen MR) is 104 cm³/mol. The average Bonchev–Trinajstić information content (AvgIpc) is 2.90. The van der Waals surface area contributed by atoms with Gasteiger partial charge in [0.2, 0.25) is 0 Å². The molecule has 0 saturated carbocycles. The minimum Gasteiger partial charge on any atom is -0.545 e. The van der Waals surface area contributed by atoms with Crippen LogP contribution in [0, 0.1) is 0 Å². The molecule has 1 amide bonds. The number of ether oxygens (including phenoxy) is 1. The zero-order chi connectivity index (χ0) is 18.7.